The van der Waals surface area contributed by atoms with E-state index in [4.69, 9.17) is 0 Å². The number of benzene rings is 2. The van der Waals surface area contributed by atoms with Gasteiger partial charge in [0.15, 0.2) is 0 Å². The van der Waals surface area contributed by atoms with Gasteiger partial charge in [-0.05, 0) is 50.3 Å². The van der Waals surface area contributed by atoms with Crippen molar-refractivity contribution in [2.75, 3.05) is 23.7 Å². The van der Waals surface area contributed by atoms with Gasteiger partial charge in [-0.25, -0.2) is 12.8 Å². The summed E-state index contributed by atoms with van der Waals surface area (Å²) in [5, 5.41) is 3.07. The summed E-state index contributed by atoms with van der Waals surface area (Å²) in [6, 6.07) is 14.9. The first kappa shape index (κ1) is 27.6. The van der Waals surface area contributed by atoms with Crippen LogP contribution in [0.15, 0.2) is 54.6 Å². The van der Waals surface area contributed by atoms with Gasteiger partial charge in [0, 0.05) is 25.6 Å². The van der Waals surface area contributed by atoms with Crippen molar-refractivity contribution in [2.24, 2.45) is 0 Å². The standard InChI is InChI=1S/C27H36FN3O4S/c1-21(27(33)29-23-13-6-7-14-23)30(20-18-22-11-4-3-5-12-22)26(32)17-10-19-31(36(2,34)35)25-16-9-8-15-24(25)28/h3-5,8-9,11-12,15-16,21,23H,6-7,10,13-14,17-20H2,1-2H3,(H,29,33). The fourth-order valence-corrected chi connectivity index (χ4v) is 5.56. The fraction of sp³-hybridized carbons (Fsp3) is 0.481. The highest BCUT2D eigenvalue weighted by Crippen LogP contribution is 2.22. The quantitative estimate of drug-likeness (QED) is 0.463. The van der Waals surface area contributed by atoms with E-state index < -0.39 is 21.9 Å². The molecule has 1 fully saturated rings. The zero-order valence-electron chi connectivity index (χ0n) is 21.0. The molecule has 36 heavy (non-hydrogen) atoms. The van der Waals surface area contributed by atoms with Gasteiger partial charge in [0.05, 0.1) is 11.9 Å². The van der Waals surface area contributed by atoms with Crippen LogP contribution in [0.5, 0.6) is 0 Å². The molecular weight excluding hydrogens is 481 g/mol. The number of halogens is 1. The van der Waals surface area contributed by atoms with E-state index in [-0.39, 0.29) is 42.9 Å². The smallest absolute Gasteiger partial charge is 0.242 e. The Labute approximate surface area is 213 Å². The average molecular weight is 518 g/mol. The number of anilines is 1. The van der Waals surface area contributed by atoms with Gasteiger partial charge in [0.1, 0.15) is 11.9 Å². The van der Waals surface area contributed by atoms with Crippen LogP contribution in [0.4, 0.5) is 10.1 Å². The maximum atomic E-state index is 14.3. The van der Waals surface area contributed by atoms with Gasteiger partial charge in [0.2, 0.25) is 21.8 Å². The third kappa shape index (κ3) is 7.78. The number of hydrogen-bond acceptors (Lipinski definition) is 4. The van der Waals surface area contributed by atoms with Gasteiger partial charge >= 0.3 is 0 Å². The van der Waals surface area contributed by atoms with Gasteiger partial charge in [-0.15, -0.1) is 0 Å². The lowest BCUT2D eigenvalue weighted by atomic mass is 10.1. The minimum absolute atomic E-state index is 0.0380. The second-order valence-electron chi connectivity index (χ2n) is 9.38. The van der Waals surface area contributed by atoms with E-state index in [2.05, 4.69) is 5.32 Å². The van der Waals surface area contributed by atoms with Gasteiger partial charge in [-0.2, -0.15) is 0 Å². The molecule has 1 N–H and O–H groups in total. The highest BCUT2D eigenvalue weighted by molar-refractivity contribution is 7.92. The molecule has 0 heterocycles. The molecule has 9 heteroatoms. The lowest BCUT2D eigenvalue weighted by molar-refractivity contribution is -0.140. The van der Waals surface area contributed by atoms with E-state index in [1.54, 1.807) is 17.9 Å². The molecule has 7 nitrogen and oxygen atoms in total. The van der Waals surface area contributed by atoms with Crippen LogP contribution in [0.25, 0.3) is 0 Å². The third-order valence-corrected chi connectivity index (χ3v) is 7.81. The Bertz CT molecular complexity index is 1120. The van der Waals surface area contributed by atoms with Gasteiger partial charge in [-0.3, -0.25) is 13.9 Å². The molecule has 2 aromatic rings. The van der Waals surface area contributed by atoms with Gasteiger partial charge in [0.25, 0.3) is 0 Å². The van der Waals surface area contributed by atoms with Crippen molar-refractivity contribution >= 4 is 27.5 Å². The molecule has 1 aliphatic rings. The lowest BCUT2D eigenvalue weighted by Crippen LogP contribution is -2.50. The lowest BCUT2D eigenvalue weighted by Gasteiger charge is -2.30. The van der Waals surface area contributed by atoms with Crippen LogP contribution in [-0.4, -0.2) is 56.6 Å². The van der Waals surface area contributed by atoms with E-state index in [0.29, 0.717) is 13.0 Å². The first-order valence-corrected chi connectivity index (χ1v) is 14.4. The van der Waals surface area contributed by atoms with Crippen LogP contribution < -0.4 is 9.62 Å². The molecule has 2 amide bonds. The first-order valence-electron chi connectivity index (χ1n) is 12.5. The molecule has 0 bridgehead atoms. The van der Waals surface area contributed by atoms with E-state index >= 15 is 0 Å². The maximum absolute atomic E-state index is 14.3. The molecule has 3 rings (SSSR count). The molecule has 0 radical (unpaired) electrons. The highest BCUT2D eigenvalue weighted by Gasteiger charge is 2.28. The molecule has 2 aromatic carbocycles. The molecule has 1 atom stereocenters. The fourth-order valence-electron chi connectivity index (χ4n) is 4.60. The summed E-state index contributed by atoms with van der Waals surface area (Å²) in [6.45, 7) is 2.06. The number of nitrogens with zero attached hydrogens (tertiary/aromatic N) is 2. The van der Waals surface area contributed by atoms with Gasteiger partial charge in [-0.1, -0.05) is 55.3 Å². The Morgan fingerprint density at radius 3 is 2.31 bits per heavy atom. The molecule has 0 spiro atoms. The van der Waals surface area contributed by atoms with Crippen LogP contribution in [0, 0.1) is 5.82 Å². The number of carbonyl (C=O) groups excluding carboxylic acids is 2. The van der Waals surface area contributed by atoms with Crippen molar-refractivity contribution in [1.29, 1.82) is 0 Å². The summed E-state index contributed by atoms with van der Waals surface area (Å²) in [4.78, 5) is 27.8. The third-order valence-electron chi connectivity index (χ3n) is 6.63. The van der Waals surface area contributed by atoms with E-state index in [1.165, 1.54) is 18.2 Å². The number of nitrogens with one attached hydrogen (secondary N) is 1. The molecule has 0 aromatic heterocycles. The van der Waals surface area contributed by atoms with Crippen molar-refractivity contribution in [3.63, 3.8) is 0 Å². The molecular formula is C27H36FN3O4S. The SMILES string of the molecule is CC(C(=O)NC1CCCC1)N(CCc1ccccc1)C(=O)CCCN(c1ccccc1F)S(C)(=O)=O. The summed E-state index contributed by atoms with van der Waals surface area (Å²) < 4.78 is 39.9. The molecule has 0 saturated heterocycles. The Balaban J connectivity index is 1.67. The van der Waals surface area contributed by atoms with Crippen molar-refractivity contribution < 1.29 is 22.4 Å². The van der Waals surface area contributed by atoms with Crippen molar-refractivity contribution in [1.82, 2.24) is 10.2 Å². The summed E-state index contributed by atoms with van der Waals surface area (Å²) in [7, 11) is -3.74. The monoisotopic (exact) mass is 517 g/mol. The number of para-hydroxylation sites is 1. The minimum atomic E-state index is -3.74. The number of carbonyl (C=O) groups is 2. The predicted octanol–water partition coefficient (Wildman–Crippen LogP) is 3.89. The first-order chi connectivity index (χ1) is 17.2. The minimum Gasteiger partial charge on any atom is -0.352 e. The maximum Gasteiger partial charge on any atom is 0.242 e. The normalized spacial score (nSPS) is 14.9. The van der Waals surface area contributed by atoms with Crippen LogP contribution in [0.3, 0.4) is 0 Å². The average Bonchev–Trinajstić information content (AvgIpc) is 3.35. The second-order valence-corrected chi connectivity index (χ2v) is 11.3. The summed E-state index contributed by atoms with van der Waals surface area (Å²) in [5.74, 6) is -1.05. The zero-order valence-corrected chi connectivity index (χ0v) is 21.8. The largest absolute Gasteiger partial charge is 0.352 e. The Kier molecular flexibility index (Phi) is 9.87. The Hall–Kier alpha value is -2.94. The van der Waals surface area contributed by atoms with Crippen LogP contribution in [0.2, 0.25) is 0 Å². The molecule has 1 aliphatic carbocycles. The Morgan fingerprint density at radius 1 is 1.03 bits per heavy atom. The van der Waals surface area contributed by atoms with Crippen molar-refractivity contribution in [3.8, 4) is 0 Å². The van der Waals surface area contributed by atoms with Crippen LogP contribution in [0.1, 0.15) is 51.0 Å². The molecule has 0 aliphatic heterocycles. The number of rotatable bonds is 12. The summed E-state index contributed by atoms with van der Waals surface area (Å²) in [5.41, 5.74) is 1.01. The Morgan fingerprint density at radius 2 is 1.67 bits per heavy atom. The van der Waals surface area contributed by atoms with Crippen molar-refractivity contribution in [3.05, 3.63) is 66.0 Å². The van der Waals surface area contributed by atoms with E-state index in [1.807, 2.05) is 30.3 Å². The highest BCUT2D eigenvalue weighted by atomic mass is 32.2. The number of sulfonamides is 1. The van der Waals surface area contributed by atoms with Crippen LogP contribution >= 0.6 is 0 Å². The topological polar surface area (TPSA) is 86.8 Å². The molecule has 1 unspecified atom stereocenters. The molecule has 196 valence electrons. The van der Waals surface area contributed by atoms with Gasteiger partial charge < -0.3 is 10.2 Å². The summed E-state index contributed by atoms with van der Waals surface area (Å²) in [6.07, 6.45) is 5.93. The number of amides is 2. The van der Waals surface area contributed by atoms with E-state index in [0.717, 1.165) is 41.8 Å². The van der Waals surface area contributed by atoms with Crippen LogP contribution in [-0.2, 0) is 26.0 Å². The molecule has 1 saturated carbocycles. The second kappa shape index (κ2) is 12.9. The van der Waals surface area contributed by atoms with E-state index in [9.17, 15) is 22.4 Å². The predicted molar refractivity (Wildman–Crippen MR) is 140 cm³/mol. The van der Waals surface area contributed by atoms with Crippen molar-refractivity contribution in [2.45, 2.75) is 64.0 Å². The summed E-state index contributed by atoms with van der Waals surface area (Å²) >= 11 is 0. The number of hydrogen-bond donors (Lipinski definition) is 1. The zero-order chi connectivity index (χ0) is 26.1.